The van der Waals surface area contributed by atoms with Gasteiger partial charge in [-0.2, -0.15) is 0 Å². The Labute approximate surface area is 157 Å². The quantitative estimate of drug-likeness (QED) is 0.567. The number of carbonyl (C=O) groups is 1. The van der Waals surface area contributed by atoms with Crippen molar-refractivity contribution in [3.8, 4) is 5.75 Å². The van der Waals surface area contributed by atoms with Gasteiger partial charge in [0.05, 0.1) is 13.5 Å². The molecule has 0 unspecified atom stereocenters. The Balaban J connectivity index is 1.90. The van der Waals surface area contributed by atoms with Crippen LogP contribution in [0.3, 0.4) is 0 Å². The molecule has 24 heavy (non-hydrogen) atoms. The van der Waals surface area contributed by atoms with Crippen molar-refractivity contribution in [2.45, 2.75) is 6.42 Å². The average Bonchev–Trinajstić information content (AvgIpc) is 2.57. The zero-order chi connectivity index (χ0) is 17.1. The van der Waals surface area contributed by atoms with E-state index in [1.165, 1.54) is 0 Å². The van der Waals surface area contributed by atoms with Crippen LogP contribution in [0.15, 0.2) is 63.5 Å². The molecule has 3 rings (SSSR count). The van der Waals surface area contributed by atoms with Gasteiger partial charge in [-0.05, 0) is 53.2 Å². The maximum absolute atomic E-state index is 12.5. The summed E-state index contributed by atoms with van der Waals surface area (Å²) in [7, 11) is 1.62. The maximum atomic E-state index is 12.5. The molecule has 0 aliphatic carbocycles. The Bertz CT molecular complexity index is 892. The highest BCUT2D eigenvalue weighted by atomic mass is 79.9. The molecule has 0 fully saturated rings. The molecule has 0 saturated heterocycles. The Kier molecular flexibility index (Phi) is 5.21. The zero-order valence-electron chi connectivity index (χ0n) is 13.0. The third kappa shape index (κ3) is 3.79. The predicted molar refractivity (Wildman–Crippen MR) is 105 cm³/mol. The van der Waals surface area contributed by atoms with Crippen LogP contribution >= 0.6 is 31.9 Å². The van der Waals surface area contributed by atoms with Crippen molar-refractivity contribution < 1.29 is 9.53 Å². The van der Waals surface area contributed by atoms with Crippen LogP contribution in [-0.4, -0.2) is 13.0 Å². The van der Waals surface area contributed by atoms with Crippen molar-refractivity contribution in [3.63, 3.8) is 0 Å². The van der Waals surface area contributed by atoms with Crippen LogP contribution in [0.5, 0.6) is 5.75 Å². The van der Waals surface area contributed by atoms with Crippen molar-refractivity contribution in [3.05, 3.63) is 69.1 Å². The summed E-state index contributed by atoms with van der Waals surface area (Å²) in [6, 6.07) is 17.4. The highest BCUT2D eigenvalue weighted by Crippen LogP contribution is 2.30. The number of amides is 1. The van der Waals surface area contributed by atoms with Crippen molar-refractivity contribution in [2.75, 3.05) is 12.4 Å². The first kappa shape index (κ1) is 17.0. The van der Waals surface area contributed by atoms with Gasteiger partial charge in [0.2, 0.25) is 5.91 Å². The van der Waals surface area contributed by atoms with Crippen molar-refractivity contribution in [1.29, 1.82) is 0 Å². The van der Waals surface area contributed by atoms with E-state index >= 15 is 0 Å². The Hall–Kier alpha value is -1.85. The summed E-state index contributed by atoms with van der Waals surface area (Å²) in [5.41, 5.74) is 1.65. The van der Waals surface area contributed by atoms with E-state index < -0.39 is 0 Å². The van der Waals surface area contributed by atoms with E-state index in [4.69, 9.17) is 4.74 Å². The highest BCUT2D eigenvalue weighted by molar-refractivity contribution is 9.10. The largest absolute Gasteiger partial charge is 0.496 e. The minimum Gasteiger partial charge on any atom is -0.496 e. The number of fused-ring (bicyclic) bond motifs is 1. The summed E-state index contributed by atoms with van der Waals surface area (Å²) < 4.78 is 7.43. The Morgan fingerprint density at radius 3 is 2.42 bits per heavy atom. The molecule has 0 aliphatic rings. The molecule has 0 radical (unpaired) electrons. The maximum Gasteiger partial charge on any atom is 0.228 e. The summed E-state index contributed by atoms with van der Waals surface area (Å²) >= 11 is 6.86. The van der Waals surface area contributed by atoms with Crippen molar-refractivity contribution >= 4 is 54.2 Å². The van der Waals surface area contributed by atoms with Gasteiger partial charge in [-0.1, -0.05) is 44.0 Å². The van der Waals surface area contributed by atoms with Crippen LogP contribution in [-0.2, 0) is 11.2 Å². The third-order valence-corrected chi connectivity index (χ3v) is 4.76. The van der Waals surface area contributed by atoms with E-state index in [0.29, 0.717) is 0 Å². The molecule has 1 N–H and O–H groups in total. The number of nitrogens with one attached hydrogen (secondary N) is 1. The number of rotatable bonds is 4. The van der Waals surface area contributed by atoms with Crippen molar-refractivity contribution in [2.24, 2.45) is 0 Å². The second-order valence-electron chi connectivity index (χ2n) is 5.34. The molecule has 0 saturated carbocycles. The first-order valence-electron chi connectivity index (χ1n) is 7.37. The van der Waals surface area contributed by atoms with Gasteiger partial charge in [-0.3, -0.25) is 4.79 Å². The van der Waals surface area contributed by atoms with Crippen molar-refractivity contribution in [1.82, 2.24) is 0 Å². The first-order valence-corrected chi connectivity index (χ1v) is 8.96. The molecule has 1 amide bonds. The molecule has 0 bridgehead atoms. The summed E-state index contributed by atoms with van der Waals surface area (Å²) in [6.45, 7) is 0. The number of benzene rings is 3. The molecule has 3 aromatic carbocycles. The third-order valence-electron chi connectivity index (χ3n) is 3.74. The topological polar surface area (TPSA) is 38.3 Å². The van der Waals surface area contributed by atoms with Gasteiger partial charge in [0.15, 0.2) is 0 Å². The Morgan fingerprint density at radius 2 is 1.71 bits per heavy atom. The number of halogens is 2. The second-order valence-corrected chi connectivity index (χ2v) is 7.18. The second kappa shape index (κ2) is 7.36. The molecule has 0 aliphatic heterocycles. The zero-order valence-corrected chi connectivity index (χ0v) is 16.1. The molecule has 0 heterocycles. The minimum atomic E-state index is -0.0777. The fourth-order valence-electron chi connectivity index (χ4n) is 2.62. The fourth-order valence-corrected chi connectivity index (χ4v) is 3.26. The van der Waals surface area contributed by atoms with Crippen LogP contribution in [0.4, 0.5) is 5.69 Å². The Morgan fingerprint density at radius 1 is 1.00 bits per heavy atom. The van der Waals surface area contributed by atoms with E-state index in [-0.39, 0.29) is 12.3 Å². The van der Waals surface area contributed by atoms with E-state index in [0.717, 1.165) is 36.7 Å². The monoisotopic (exact) mass is 447 g/mol. The molecule has 0 aromatic heterocycles. The number of hydrogen-bond donors (Lipinski definition) is 1. The van der Waals surface area contributed by atoms with E-state index in [1.807, 2.05) is 54.6 Å². The molecule has 3 aromatic rings. The standard InChI is InChI=1S/C19H15Br2NO2/c1-24-18-9-2-12-10-14(21)5-8-16(12)17(18)11-19(23)22-15-6-3-13(20)4-7-15/h2-10H,11H2,1H3,(H,22,23). The molecule has 5 heteroatoms. The lowest BCUT2D eigenvalue weighted by atomic mass is 10.0. The molecule has 122 valence electrons. The first-order chi connectivity index (χ1) is 11.6. The van der Waals surface area contributed by atoms with Crippen LogP contribution in [0.2, 0.25) is 0 Å². The van der Waals surface area contributed by atoms with Crippen LogP contribution in [0.1, 0.15) is 5.56 Å². The summed E-state index contributed by atoms with van der Waals surface area (Å²) in [6.07, 6.45) is 0.248. The minimum absolute atomic E-state index is 0.0777. The van der Waals surface area contributed by atoms with Gasteiger partial charge < -0.3 is 10.1 Å². The number of methoxy groups -OCH3 is 1. The normalized spacial score (nSPS) is 10.6. The lowest BCUT2D eigenvalue weighted by Crippen LogP contribution is -2.15. The highest BCUT2D eigenvalue weighted by Gasteiger charge is 2.13. The molecule has 3 nitrogen and oxygen atoms in total. The predicted octanol–water partition coefficient (Wildman–Crippen LogP) is 5.55. The van der Waals surface area contributed by atoms with Gasteiger partial charge in [-0.25, -0.2) is 0 Å². The number of hydrogen-bond acceptors (Lipinski definition) is 2. The van der Waals surface area contributed by atoms with Gasteiger partial charge in [-0.15, -0.1) is 0 Å². The number of anilines is 1. The van der Waals surface area contributed by atoms with E-state index in [9.17, 15) is 4.79 Å². The summed E-state index contributed by atoms with van der Waals surface area (Å²) in [5, 5.41) is 5.00. The van der Waals surface area contributed by atoms with Gasteiger partial charge in [0, 0.05) is 20.2 Å². The van der Waals surface area contributed by atoms with Gasteiger partial charge >= 0.3 is 0 Å². The molecular weight excluding hydrogens is 434 g/mol. The lowest BCUT2D eigenvalue weighted by molar-refractivity contribution is -0.115. The van der Waals surface area contributed by atoms with Crippen LogP contribution < -0.4 is 10.1 Å². The molecule has 0 atom stereocenters. The molecule has 0 spiro atoms. The van der Waals surface area contributed by atoms with Crippen LogP contribution in [0, 0.1) is 0 Å². The number of carbonyl (C=O) groups excluding carboxylic acids is 1. The average molecular weight is 449 g/mol. The summed E-state index contributed by atoms with van der Waals surface area (Å²) in [4.78, 5) is 12.5. The number of ether oxygens (including phenoxy) is 1. The van der Waals surface area contributed by atoms with E-state index in [1.54, 1.807) is 7.11 Å². The lowest BCUT2D eigenvalue weighted by Gasteiger charge is -2.13. The molecular formula is C19H15Br2NO2. The van der Waals surface area contributed by atoms with Gasteiger partial charge in [0.1, 0.15) is 5.75 Å². The SMILES string of the molecule is COc1ccc2cc(Br)ccc2c1CC(=O)Nc1ccc(Br)cc1. The van der Waals surface area contributed by atoms with Crippen LogP contribution in [0.25, 0.3) is 10.8 Å². The fraction of sp³-hybridized carbons (Fsp3) is 0.105. The smallest absolute Gasteiger partial charge is 0.228 e. The van der Waals surface area contributed by atoms with E-state index in [2.05, 4.69) is 37.2 Å². The van der Waals surface area contributed by atoms with Gasteiger partial charge in [0.25, 0.3) is 0 Å². The summed E-state index contributed by atoms with van der Waals surface area (Å²) in [5.74, 6) is 0.641.